The molecule has 5 N–H and O–H groups in total. The Morgan fingerprint density at radius 1 is 1.25 bits per heavy atom. The molecule has 1 fully saturated rings. The zero-order chi connectivity index (χ0) is 23.3. The Kier molecular flexibility index (Phi) is 7.16. The average Bonchev–Trinajstić information content (AvgIpc) is 2.78. The first-order valence-corrected chi connectivity index (χ1v) is 10.3. The van der Waals surface area contributed by atoms with E-state index in [1.54, 1.807) is 6.07 Å². The van der Waals surface area contributed by atoms with E-state index < -0.39 is 11.5 Å². The highest BCUT2D eigenvalue weighted by Gasteiger charge is 2.33. The fourth-order valence-electron chi connectivity index (χ4n) is 3.52. The number of likely N-dealkylation sites (tertiary alicyclic amines) is 1. The van der Waals surface area contributed by atoms with E-state index >= 15 is 0 Å². The van der Waals surface area contributed by atoms with Crippen LogP contribution < -0.4 is 10.1 Å². The molecule has 1 amide bonds. The number of hydrogen-bond donors (Lipinski definition) is 5. The maximum absolute atomic E-state index is 12.2. The van der Waals surface area contributed by atoms with Crippen LogP contribution in [0.3, 0.4) is 0 Å². The number of fused-ring (bicyclic) bond motifs is 1. The number of piperidine rings is 1. The number of pyridine rings is 1. The lowest BCUT2D eigenvalue weighted by Crippen LogP contribution is -2.46. The molecule has 0 radical (unpaired) electrons. The summed E-state index contributed by atoms with van der Waals surface area (Å²) in [6.07, 6.45) is 0.949. The first kappa shape index (κ1) is 23.3. The lowest BCUT2D eigenvalue weighted by molar-refractivity contribution is -0.115. The number of ether oxygens (including phenoxy) is 2. The summed E-state index contributed by atoms with van der Waals surface area (Å²) in [5.74, 6) is -1.19. The normalized spacial score (nSPS) is 15.7. The molecule has 1 aromatic heterocycles. The largest absolute Gasteiger partial charge is 0.480 e. The number of nitrogens with one attached hydrogen (secondary N) is 4. The van der Waals surface area contributed by atoms with Gasteiger partial charge in [-0.3, -0.25) is 21.0 Å². The quantitative estimate of drug-likeness (QED) is 0.325. The molecule has 32 heavy (non-hydrogen) atoms. The molecule has 0 aliphatic carbocycles. The van der Waals surface area contributed by atoms with Gasteiger partial charge in [-0.15, -0.1) is 0 Å². The Morgan fingerprint density at radius 3 is 2.62 bits per heavy atom. The molecule has 1 aromatic carbocycles. The summed E-state index contributed by atoms with van der Waals surface area (Å²) in [6, 6.07) is 9.04. The fourth-order valence-corrected chi connectivity index (χ4v) is 3.52. The standard InChI is InChI=1S/C22H28N6O4/c1-28-9-7-22(30,8-10-28)12-16(23)20(29)26-13-18(24)32-19(25)15-11-14-5-3-4-6-17(14)27-21(15)31-2/h3-6,11,23-25,30H,7-10,12-13H2,1-2H3,(H,26,29). The number of nitrogens with zero attached hydrogens (tertiary/aromatic N) is 2. The van der Waals surface area contributed by atoms with Gasteiger partial charge in [-0.05, 0) is 32.0 Å². The number of aliphatic hydroxyl groups is 1. The number of aromatic nitrogens is 1. The molecular weight excluding hydrogens is 412 g/mol. The van der Waals surface area contributed by atoms with Crippen LogP contribution in [0, 0.1) is 16.2 Å². The van der Waals surface area contributed by atoms with Crippen LogP contribution in [-0.2, 0) is 9.53 Å². The van der Waals surface area contributed by atoms with Gasteiger partial charge in [0.1, 0.15) is 0 Å². The summed E-state index contributed by atoms with van der Waals surface area (Å²) in [5.41, 5.74) is -0.333. The number of methoxy groups -OCH3 is 1. The van der Waals surface area contributed by atoms with Crippen LogP contribution in [0.1, 0.15) is 24.8 Å². The summed E-state index contributed by atoms with van der Waals surface area (Å²) in [7, 11) is 3.40. The predicted octanol–water partition coefficient (Wildman–Crippen LogP) is 1.55. The summed E-state index contributed by atoms with van der Waals surface area (Å²) in [4.78, 5) is 18.7. The van der Waals surface area contributed by atoms with Crippen LogP contribution in [-0.4, -0.2) is 77.8 Å². The van der Waals surface area contributed by atoms with Crippen molar-refractivity contribution in [2.24, 2.45) is 0 Å². The molecule has 170 valence electrons. The van der Waals surface area contributed by atoms with Gasteiger partial charge in [0.05, 0.1) is 36.0 Å². The van der Waals surface area contributed by atoms with Gasteiger partial charge in [0.2, 0.25) is 17.7 Å². The van der Waals surface area contributed by atoms with Gasteiger partial charge >= 0.3 is 0 Å². The third-order valence-electron chi connectivity index (χ3n) is 5.46. The van der Waals surface area contributed by atoms with E-state index in [1.165, 1.54) is 7.11 Å². The van der Waals surface area contributed by atoms with Crippen LogP contribution in [0.2, 0.25) is 0 Å². The molecule has 0 spiro atoms. The van der Waals surface area contributed by atoms with Crippen molar-refractivity contribution in [3.8, 4) is 5.88 Å². The second-order valence-electron chi connectivity index (χ2n) is 7.96. The fraction of sp³-hybridized carbons (Fsp3) is 0.409. The van der Waals surface area contributed by atoms with Gasteiger partial charge in [0, 0.05) is 24.9 Å². The lowest BCUT2D eigenvalue weighted by atomic mass is 9.86. The maximum atomic E-state index is 12.2. The number of para-hydroxylation sites is 1. The first-order chi connectivity index (χ1) is 15.2. The maximum Gasteiger partial charge on any atom is 0.265 e. The minimum Gasteiger partial charge on any atom is -0.480 e. The van der Waals surface area contributed by atoms with E-state index in [9.17, 15) is 9.90 Å². The molecule has 10 heteroatoms. The van der Waals surface area contributed by atoms with Crippen molar-refractivity contribution in [1.29, 1.82) is 16.2 Å². The summed E-state index contributed by atoms with van der Waals surface area (Å²) in [6.45, 7) is 1.12. The molecule has 2 aromatic rings. The summed E-state index contributed by atoms with van der Waals surface area (Å²) < 4.78 is 10.5. The molecule has 1 aliphatic rings. The average molecular weight is 441 g/mol. The summed E-state index contributed by atoms with van der Waals surface area (Å²) >= 11 is 0. The monoisotopic (exact) mass is 440 g/mol. The van der Waals surface area contributed by atoms with Crippen LogP contribution in [0.4, 0.5) is 0 Å². The van der Waals surface area contributed by atoms with E-state index in [0.717, 1.165) is 5.39 Å². The molecule has 0 atom stereocenters. The van der Waals surface area contributed by atoms with Gasteiger partial charge in [-0.1, -0.05) is 18.2 Å². The Labute approximate surface area is 186 Å². The van der Waals surface area contributed by atoms with E-state index in [2.05, 4.69) is 15.2 Å². The molecule has 0 saturated carbocycles. The first-order valence-electron chi connectivity index (χ1n) is 10.3. The van der Waals surface area contributed by atoms with Crippen LogP contribution >= 0.6 is 0 Å². The van der Waals surface area contributed by atoms with Crippen LogP contribution in [0.25, 0.3) is 10.9 Å². The van der Waals surface area contributed by atoms with Crippen molar-refractivity contribution in [1.82, 2.24) is 15.2 Å². The zero-order valence-electron chi connectivity index (χ0n) is 18.2. The van der Waals surface area contributed by atoms with Crippen molar-refractivity contribution in [3.63, 3.8) is 0 Å². The topological polar surface area (TPSA) is 155 Å². The Hall–Kier alpha value is -3.37. The highest BCUT2D eigenvalue weighted by atomic mass is 16.5. The molecular formula is C22H28N6O4. The predicted molar refractivity (Wildman–Crippen MR) is 121 cm³/mol. The second kappa shape index (κ2) is 9.84. The van der Waals surface area contributed by atoms with Gasteiger partial charge in [0.25, 0.3) is 5.91 Å². The number of rotatable bonds is 7. The van der Waals surface area contributed by atoms with E-state index in [0.29, 0.717) is 31.4 Å². The third-order valence-corrected chi connectivity index (χ3v) is 5.46. The Bertz CT molecular complexity index is 1050. The van der Waals surface area contributed by atoms with E-state index in [4.69, 9.17) is 25.7 Å². The van der Waals surface area contributed by atoms with Gasteiger partial charge in [0.15, 0.2) is 0 Å². The number of carbonyl (C=O) groups excluding carboxylic acids is 1. The number of benzene rings is 1. The number of carbonyl (C=O) groups is 1. The molecule has 1 saturated heterocycles. The molecule has 3 rings (SSSR count). The minimum atomic E-state index is -1.06. The Morgan fingerprint density at radius 2 is 1.94 bits per heavy atom. The zero-order valence-corrected chi connectivity index (χ0v) is 18.2. The molecule has 1 aliphatic heterocycles. The van der Waals surface area contributed by atoms with Gasteiger partial charge in [-0.2, -0.15) is 0 Å². The molecule has 0 bridgehead atoms. The van der Waals surface area contributed by atoms with Crippen molar-refractivity contribution in [3.05, 3.63) is 35.9 Å². The molecule has 10 nitrogen and oxygen atoms in total. The van der Waals surface area contributed by atoms with E-state index in [1.807, 2.05) is 31.3 Å². The third kappa shape index (κ3) is 5.65. The highest BCUT2D eigenvalue weighted by molar-refractivity contribution is 6.38. The van der Waals surface area contributed by atoms with Crippen LogP contribution in [0.5, 0.6) is 5.88 Å². The van der Waals surface area contributed by atoms with Crippen molar-refractivity contribution >= 4 is 34.3 Å². The smallest absolute Gasteiger partial charge is 0.265 e. The summed E-state index contributed by atoms with van der Waals surface area (Å²) in [5, 5.41) is 37.9. The minimum absolute atomic E-state index is 0.0450. The van der Waals surface area contributed by atoms with Crippen molar-refractivity contribution < 1.29 is 19.4 Å². The van der Waals surface area contributed by atoms with Gasteiger partial charge in [-0.25, -0.2) is 4.98 Å². The Balaban J connectivity index is 1.54. The van der Waals surface area contributed by atoms with Gasteiger partial charge < -0.3 is 24.8 Å². The SMILES string of the molecule is COc1nc2ccccc2cc1C(=N)OC(=N)CNC(=O)C(=N)CC1(O)CCN(C)CC1. The lowest BCUT2D eigenvalue weighted by Gasteiger charge is -2.36. The van der Waals surface area contributed by atoms with Crippen molar-refractivity contribution in [2.45, 2.75) is 24.9 Å². The van der Waals surface area contributed by atoms with Crippen molar-refractivity contribution in [2.75, 3.05) is 33.8 Å². The second-order valence-corrected chi connectivity index (χ2v) is 7.96. The van der Waals surface area contributed by atoms with E-state index in [-0.39, 0.29) is 41.9 Å². The number of hydrogen-bond acceptors (Lipinski definition) is 9. The number of amides is 1. The molecule has 0 unspecified atom stereocenters. The molecule has 2 heterocycles. The highest BCUT2D eigenvalue weighted by Crippen LogP contribution is 2.25. The van der Waals surface area contributed by atoms with Crippen LogP contribution in [0.15, 0.2) is 30.3 Å².